The molecule has 1 heterocycles. The van der Waals surface area contributed by atoms with Crippen molar-refractivity contribution in [2.24, 2.45) is 11.8 Å². The highest BCUT2D eigenvalue weighted by Crippen LogP contribution is 2.31. The lowest BCUT2D eigenvalue weighted by atomic mass is 9.78. The fourth-order valence-corrected chi connectivity index (χ4v) is 5.42. The maximum Gasteiger partial charge on any atom is 0.112 e. The lowest BCUT2D eigenvalue weighted by molar-refractivity contribution is 0.0108. The molecular weight excluding hydrogens is 390 g/mol. The monoisotopic (exact) mass is 439 g/mol. The predicted octanol–water partition coefficient (Wildman–Crippen LogP) is 1.70. The number of nitrogens with one attached hydrogen (secondary N) is 3. The summed E-state index contributed by atoms with van der Waals surface area (Å²) in [4.78, 5) is 4.60. The summed E-state index contributed by atoms with van der Waals surface area (Å²) in [6.45, 7) is 6.35. The highest BCUT2D eigenvalue weighted by molar-refractivity contribution is 4.87. The molecule has 2 aliphatic carbocycles. The fourth-order valence-electron chi connectivity index (χ4n) is 5.42. The molecule has 0 amide bonds. The van der Waals surface area contributed by atoms with Gasteiger partial charge in [-0.25, -0.2) is 0 Å². The van der Waals surface area contributed by atoms with Crippen molar-refractivity contribution in [3.8, 4) is 0 Å². The summed E-state index contributed by atoms with van der Waals surface area (Å²) >= 11 is 0. The van der Waals surface area contributed by atoms with Crippen LogP contribution in [0.5, 0.6) is 0 Å². The lowest BCUT2D eigenvalue weighted by Crippen LogP contribution is -2.63. The molecule has 2 saturated carbocycles. The Bertz CT molecular complexity index is 471. The Morgan fingerprint density at radius 2 is 1.42 bits per heavy atom. The van der Waals surface area contributed by atoms with Crippen LogP contribution < -0.4 is 16.0 Å². The Hall–Kier alpha value is -0.280. The molecule has 1 aliphatic heterocycles. The van der Waals surface area contributed by atoms with Gasteiger partial charge in [-0.2, -0.15) is 0 Å². The number of methoxy groups -OCH3 is 1. The molecule has 0 aromatic heterocycles. The van der Waals surface area contributed by atoms with Gasteiger partial charge in [0.1, 0.15) is 6.29 Å². The third-order valence-electron chi connectivity index (χ3n) is 7.72. The fraction of sp³-hybridized carbons (Fsp3) is 1.00. The van der Waals surface area contributed by atoms with E-state index in [-0.39, 0.29) is 6.29 Å². The number of ether oxygens (including phenoxy) is 2. The summed E-state index contributed by atoms with van der Waals surface area (Å²) in [5.41, 5.74) is 0. The van der Waals surface area contributed by atoms with Crippen molar-refractivity contribution in [2.45, 2.75) is 75.9 Å². The minimum Gasteiger partial charge on any atom is -0.381 e. The largest absolute Gasteiger partial charge is 0.381 e. The van der Waals surface area contributed by atoms with Crippen LogP contribution in [0.4, 0.5) is 0 Å². The standard InChI is InChI=1S/C24H49N5O2/c1-28(2)13-14-29(3)15-16-31-23-11-7-21(8-12-23)27-24-25-17-20(18-26-24)19-5-9-22(30-4)10-6-19/h19-27H,5-18H2,1-4H3. The van der Waals surface area contributed by atoms with E-state index in [9.17, 15) is 0 Å². The Labute approximate surface area is 191 Å². The van der Waals surface area contributed by atoms with Crippen LogP contribution in [0.3, 0.4) is 0 Å². The van der Waals surface area contributed by atoms with Gasteiger partial charge in [-0.1, -0.05) is 0 Å². The first kappa shape index (κ1) is 25.3. The van der Waals surface area contributed by atoms with Crippen molar-refractivity contribution < 1.29 is 9.47 Å². The highest BCUT2D eigenvalue weighted by atomic mass is 16.5. The molecular formula is C24H49N5O2. The van der Waals surface area contributed by atoms with Gasteiger partial charge in [0.25, 0.3) is 0 Å². The molecule has 31 heavy (non-hydrogen) atoms. The zero-order valence-electron chi connectivity index (χ0n) is 20.6. The van der Waals surface area contributed by atoms with E-state index in [1.165, 1.54) is 51.4 Å². The van der Waals surface area contributed by atoms with Crippen LogP contribution >= 0.6 is 0 Å². The molecule has 182 valence electrons. The van der Waals surface area contributed by atoms with Crippen LogP contribution in [-0.4, -0.2) is 102 Å². The van der Waals surface area contributed by atoms with Crippen molar-refractivity contribution in [3.63, 3.8) is 0 Å². The van der Waals surface area contributed by atoms with Gasteiger partial charge >= 0.3 is 0 Å². The van der Waals surface area contributed by atoms with Crippen LogP contribution in [0, 0.1) is 11.8 Å². The van der Waals surface area contributed by atoms with Gasteiger partial charge in [-0.05, 0) is 84.3 Å². The third-order valence-corrected chi connectivity index (χ3v) is 7.72. The van der Waals surface area contributed by atoms with Gasteiger partial charge in [0.2, 0.25) is 0 Å². The molecule has 0 bridgehead atoms. The Morgan fingerprint density at radius 3 is 2.03 bits per heavy atom. The average Bonchev–Trinajstić information content (AvgIpc) is 2.79. The summed E-state index contributed by atoms with van der Waals surface area (Å²) in [5, 5.41) is 11.3. The van der Waals surface area contributed by atoms with Gasteiger partial charge in [-0.3, -0.25) is 16.0 Å². The van der Waals surface area contributed by atoms with Gasteiger partial charge < -0.3 is 19.3 Å². The van der Waals surface area contributed by atoms with E-state index in [0.29, 0.717) is 18.2 Å². The second-order valence-electron chi connectivity index (χ2n) is 10.4. The molecule has 0 aromatic carbocycles. The first-order valence-corrected chi connectivity index (χ1v) is 12.7. The van der Waals surface area contributed by atoms with Crippen molar-refractivity contribution in [1.29, 1.82) is 0 Å². The van der Waals surface area contributed by atoms with Crippen molar-refractivity contribution in [1.82, 2.24) is 25.8 Å². The normalized spacial score (nSPS) is 35.0. The SMILES string of the molecule is COC1CCC(C2CNC(NC3CCC(OCCN(C)CCN(C)C)CC3)NC2)CC1. The molecule has 7 heteroatoms. The molecule has 3 aliphatic rings. The average molecular weight is 440 g/mol. The minimum absolute atomic E-state index is 0.263. The van der Waals surface area contributed by atoms with Crippen LogP contribution in [0.2, 0.25) is 0 Å². The second-order valence-corrected chi connectivity index (χ2v) is 10.4. The Morgan fingerprint density at radius 1 is 0.774 bits per heavy atom. The zero-order chi connectivity index (χ0) is 22.1. The van der Waals surface area contributed by atoms with E-state index in [4.69, 9.17) is 9.47 Å². The molecule has 0 radical (unpaired) electrons. The maximum atomic E-state index is 6.17. The van der Waals surface area contributed by atoms with Gasteiger partial charge in [0.05, 0.1) is 18.8 Å². The first-order chi connectivity index (χ1) is 15.0. The topological polar surface area (TPSA) is 61.0 Å². The van der Waals surface area contributed by atoms with Crippen LogP contribution in [0.1, 0.15) is 51.4 Å². The van der Waals surface area contributed by atoms with Gasteiger partial charge in [0, 0.05) is 45.9 Å². The lowest BCUT2D eigenvalue weighted by Gasteiger charge is -2.40. The maximum absolute atomic E-state index is 6.17. The molecule has 3 N–H and O–H groups in total. The zero-order valence-corrected chi connectivity index (χ0v) is 20.6. The summed E-state index contributed by atoms with van der Waals surface area (Å²) in [6.07, 6.45) is 11.1. The van der Waals surface area contributed by atoms with E-state index in [1.807, 2.05) is 7.11 Å². The number of rotatable bonds is 11. The van der Waals surface area contributed by atoms with Crippen LogP contribution in [0.25, 0.3) is 0 Å². The second kappa shape index (κ2) is 13.4. The number of nitrogens with zero attached hydrogens (tertiary/aromatic N) is 2. The van der Waals surface area contributed by atoms with E-state index in [1.54, 1.807) is 0 Å². The van der Waals surface area contributed by atoms with Crippen LogP contribution in [-0.2, 0) is 9.47 Å². The van der Waals surface area contributed by atoms with Crippen molar-refractivity contribution in [2.75, 3.05) is 67.6 Å². The van der Waals surface area contributed by atoms with Crippen molar-refractivity contribution in [3.05, 3.63) is 0 Å². The van der Waals surface area contributed by atoms with Gasteiger partial charge in [-0.15, -0.1) is 0 Å². The molecule has 3 rings (SSSR count). The molecule has 0 atom stereocenters. The van der Waals surface area contributed by atoms with Crippen LogP contribution in [0.15, 0.2) is 0 Å². The van der Waals surface area contributed by atoms with Crippen molar-refractivity contribution >= 4 is 0 Å². The first-order valence-electron chi connectivity index (χ1n) is 12.7. The van der Waals surface area contributed by atoms with Gasteiger partial charge in [0.15, 0.2) is 0 Å². The quantitative estimate of drug-likeness (QED) is 0.453. The Kier molecular flexibility index (Phi) is 11.0. The molecule has 1 saturated heterocycles. The molecule has 0 unspecified atom stereocenters. The molecule has 3 fully saturated rings. The molecule has 7 nitrogen and oxygen atoms in total. The summed E-state index contributed by atoms with van der Waals surface area (Å²) in [5.74, 6) is 1.61. The number of likely N-dealkylation sites (N-methyl/N-ethyl adjacent to an activating group) is 2. The predicted molar refractivity (Wildman–Crippen MR) is 127 cm³/mol. The summed E-state index contributed by atoms with van der Waals surface area (Å²) in [6, 6.07) is 0.598. The smallest absolute Gasteiger partial charge is 0.112 e. The third kappa shape index (κ3) is 8.88. The number of hydrogen-bond donors (Lipinski definition) is 3. The van der Waals surface area contributed by atoms with E-state index < -0.39 is 0 Å². The summed E-state index contributed by atoms with van der Waals surface area (Å²) < 4.78 is 11.7. The van der Waals surface area contributed by atoms with E-state index in [0.717, 1.165) is 51.2 Å². The number of hydrogen-bond acceptors (Lipinski definition) is 7. The summed E-state index contributed by atoms with van der Waals surface area (Å²) in [7, 11) is 8.30. The Balaban J connectivity index is 1.23. The molecule has 0 aromatic rings. The minimum atomic E-state index is 0.263. The van der Waals surface area contributed by atoms with E-state index >= 15 is 0 Å². The highest BCUT2D eigenvalue weighted by Gasteiger charge is 2.31. The molecule has 0 spiro atoms. The van der Waals surface area contributed by atoms with E-state index in [2.05, 4.69) is 46.9 Å².